The minimum atomic E-state index is -0.0983. The number of nitrogens with zero attached hydrogens (tertiary/aromatic N) is 1. The van der Waals surface area contributed by atoms with Crippen molar-refractivity contribution in [3.8, 4) is 0 Å². The van der Waals surface area contributed by atoms with Crippen molar-refractivity contribution in [2.75, 3.05) is 5.33 Å². The lowest BCUT2D eigenvalue weighted by Crippen LogP contribution is -2.33. The first kappa shape index (κ1) is 14.0. The zero-order chi connectivity index (χ0) is 13.7. The Morgan fingerprint density at radius 2 is 2.16 bits per heavy atom. The molecule has 1 N–H and O–H groups in total. The molecule has 4 heteroatoms. The Bertz CT molecular complexity index is 566. The average Bonchev–Trinajstić information content (AvgIpc) is 2.44. The molecule has 0 spiro atoms. The maximum Gasteiger partial charge on any atom is 0.270 e. The number of halogens is 1. The van der Waals surface area contributed by atoms with Crippen molar-refractivity contribution in [2.45, 2.75) is 25.8 Å². The number of alkyl halides is 1. The summed E-state index contributed by atoms with van der Waals surface area (Å²) in [6.07, 6.45) is 3.69. The van der Waals surface area contributed by atoms with Crippen molar-refractivity contribution in [2.24, 2.45) is 0 Å². The number of benzene rings is 1. The molecule has 19 heavy (non-hydrogen) atoms. The quantitative estimate of drug-likeness (QED) is 0.856. The Labute approximate surface area is 121 Å². The number of hydrogen-bond donors (Lipinski definition) is 1. The monoisotopic (exact) mass is 320 g/mol. The Morgan fingerprint density at radius 3 is 2.95 bits per heavy atom. The Balaban J connectivity index is 2.17. The molecule has 3 nitrogen and oxygen atoms in total. The summed E-state index contributed by atoms with van der Waals surface area (Å²) in [4.78, 5) is 16.5. The van der Waals surface area contributed by atoms with Crippen LogP contribution in [0.5, 0.6) is 0 Å². The molecule has 2 aromatic rings. The fourth-order valence-electron chi connectivity index (χ4n) is 2.05. The van der Waals surface area contributed by atoms with Crippen LogP contribution < -0.4 is 5.32 Å². The van der Waals surface area contributed by atoms with Crippen LogP contribution in [0, 0.1) is 0 Å². The summed E-state index contributed by atoms with van der Waals surface area (Å²) in [5, 5.41) is 5.89. The van der Waals surface area contributed by atoms with Gasteiger partial charge in [-0.05, 0) is 31.2 Å². The first-order chi connectivity index (χ1) is 9.22. The van der Waals surface area contributed by atoms with Gasteiger partial charge in [-0.3, -0.25) is 9.78 Å². The predicted molar refractivity (Wildman–Crippen MR) is 81.7 cm³/mol. The van der Waals surface area contributed by atoms with E-state index in [0.717, 1.165) is 28.9 Å². The number of hydrogen-bond acceptors (Lipinski definition) is 2. The van der Waals surface area contributed by atoms with Crippen molar-refractivity contribution < 1.29 is 4.79 Å². The van der Waals surface area contributed by atoms with Gasteiger partial charge in [-0.1, -0.05) is 40.2 Å². The summed E-state index contributed by atoms with van der Waals surface area (Å²) >= 11 is 3.40. The first-order valence-corrected chi connectivity index (χ1v) is 7.55. The highest BCUT2D eigenvalue weighted by atomic mass is 79.9. The summed E-state index contributed by atoms with van der Waals surface area (Å²) in [6, 6.07) is 9.88. The molecule has 1 heterocycles. The lowest BCUT2D eigenvalue weighted by molar-refractivity contribution is 0.0935. The van der Waals surface area contributed by atoms with Crippen molar-refractivity contribution in [1.29, 1.82) is 0 Å². The Morgan fingerprint density at radius 1 is 1.37 bits per heavy atom. The van der Waals surface area contributed by atoms with Gasteiger partial charge in [-0.15, -0.1) is 0 Å². The third-order valence-corrected chi connectivity index (χ3v) is 3.60. The van der Waals surface area contributed by atoms with Crippen LogP contribution in [0.2, 0.25) is 0 Å². The third kappa shape index (κ3) is 3.53. The summed E-state index contributed by atoms with van der Waals surface area (Å²) < 4.78 is 0. The second-order valence-corrected chi connectivity index (χ2v) is 5.38. The highest BCUT2D eigenvalue weighted by Crippen LogP contribution is 2.16. The molecule has 0 saturated carbocycles. The standard InChI is InChI=1S/C15H17BrN2O/c1-11(5-4-9-16)18-15(19)14-13-7-3-2-6-12(13)8-10-17-14/h2-3,6-8,10-11H,4-5,9H2,1H3,(H,18,19). The number of nitrogens with one attached hydrogen (secondary N) is 1. The molecule has 1 unspecified atom stereocenters. The molecule has 0 fully saturated rings. The molecular formula is C15H17BrN2O. The summed E-state index contributed by atoms with van der Waals surface area (Å²) in [7, 11) is 0. The maximum atomic E-state index is 12.2. The second kappa shape index (κ2) is 6.66. The smallest absolute Gasteiger partial charge is 0.270 e. The minimum absolute atomic E-state index is 0.0983. The molecule has 0 radical (unpaired) electrons. The fourth-order valence-corrected chi connectivity index (χ4v) is 2.37. The van der Waals surface area contributed by atoms with Crippen molar-refractivity contribution >= 4 is 32.6 Å². The molecule has 0 aliphatic heterocycles. The third-order valence-electron chi connectivity index (χ3n) is 3.04. The SMILES string of the molecule is CC(CCCBr)NC(=O)c1nccc2ccccc12. The molecule has 0 saturated heterocycles. The van der Waals surface area contributed by atoms with Crippen molar-refractivity contribution in [3.63, 3.8) is 0 Å². The summed E-state index contributed by atoms with van der Waals surface area (Å²) in [5.41, 5.74) is 0.504. The van der Waals surface area contributed by atoms with E-state index in [1.165, 1.54) is 0 Å². The van der Waals surface area contributed by atoms with Gasteiger partial charge in [0.2, 0.25) is 0 Å². The van der Waals surface area contributed by atoms with Crippen LogP contribution in [0.4, 0.5) is 0 Å². The van der Waals surface area contributed by atoms with E-state index in [2.05, 4.69) is 26.2 Å². The zero-order valence-corrected chi connectivity index (χ0v) is 12.5. The van der Waals surface area contributed by atoms with Gasteiger partial charge in [0.1, 0.15) is 5.69 Å². The fraction of sp³-hybridized carbons (Fsp3) is 0.333. The Kier molecular flexibility index (Phi) is 4.91. The molecule has 1 amide bonds. The van der Waals surface area contributed by atoms with Gasteiger partial charge in [0.15, 0.2) is 0 Å². The van der Waals surface area contributed by atoms with Crippen LogP contribution in [-0.2, 0) is 0 Å². The minimum Gasteiger partial charge on any atom is -0.348 e. The highest BCUT2D eigenvalue weighted by molar-refractivity contribution is 9.09. The lowest BCUT2D eigenvalue weighted by Gasteiger charge is -2.13. The second-order valence-electron chi connectivity index (χ2n) is 4.59. The number of rotatable bonds is 5. The number of fused-ring (bicyclic) bond motifs is 1. The van der Waals surface area contributed by atoms with Crippen molar-refractivity contribution in [1.82, 2.24) is 10.3 Å². The van der Waals surface area contributed by atoms with E-state index in [1.54, 1.807) is 6.20 Å². The summed E-state index contributed by atoms with van der Waals surface area (Å²) in [5.74, 6) is -0.0983. The van der Waals surface area contributed by atoms with Gasteiger partial charge < -0.3 is 5.32 Å². The number of carbonyl (C=O) groups is 1. The molecule has 2 rings (SSSR count). The lowest BCUT2D eigenvalue weighted by atomic mass is 10.1. The van der Waals surface area contributed by atoms with Crippen LogP contribution in [-0.4, -0.2) is 22.3 Å². The van der Waals surface area contributed by atoms with Gasteiger partial charge in [0.05, 0.1) is 0 Å². The molecular weight excluding hydrogens is 304 g/mol. The van der Waals surface area contributed by atoms with E-state index in [1.807, 2.05) is 37.3 Å². The average molecular weight is 321 g/mol. The van der Waals surface area contributed by atoms with Crippen molar-refractivity contribution in [3.05, 3.63) is 42.2 Å². The summed E-state index contributed by atoms with van der Waals surface area (Å²) in [6.45, 7) is 2.02. The van der Waals surface area contributed by atoms with Crippen LogP contribution in [0.1, 0.15) is 30.3 Å². The number of pyridine rings is 1. The molecule has 1 atom stereocenters. The van der Waals surface area contributed by atoms with Gasteiger partial charge >= 0.3 is 0 Å². The molecule has 1 aromatic carbocycles. The van der Waals surface area contributed by atoms with E-state index in [-0.39, 0.29) is 11.9 Å². The van der Waals surface area contributed by atoms with E-state index < -0.39 is 0 Å². The van der Waals surface area contributed by atoms with E-state index >= 15 is 0 Å². The largest absolute Gasteiger partial charge is 0.348 e. The number of amides is 1. The number of carbonyl (C=O) groups excluding carboxylic acids is 1. The molecule has 0 aliphatic rings. The van der Waals surface area contributed by atoms with Crippen LogP contribution in [0.25, 0.3) is 10.8 Å². The van der Waals surface area contributed by atoms with Gasteiger partial charge in [-0.25, -0.2) is 0 Å². The van der Waals surface area contributed by atoms with Gasteiger partial charge in [0, 0.05) is 23.0 Å². The van der Waals surface area contributed by atoms with Gasteiger partial charge in [-0.2, -0.15) is 0 Å². The molecule has 0 bridgehead atoms. The maximum absolute atomic E-state index is 12.2. The van der Waals surface area contributed by atoms with Gasteiger partial charge in [0.25, 0.3) is 5.91 Å². The number of aromatic nitrogens is 1. The van der Waals surface area contributed by atoms with Crippen LogP contribution in [0.15, 0.2) is 36.5 Å². The first-order valence-electron chi connectivity index (χ1n) is 6.43. The predicted octanol–water partition coefficient (Wildman–Crippen LogP) is 3.53. The van der Waals surface area contributed by atoms with E-state index in [9.17, 15) is 4.79 Å². The van der Waals surface area contributed by atoms with E-state index in [4.69, 9.17) is 0 Å². The zero-order valence-electron chi connectivity index (χ0n) is 10.9. The normalized spacial score (nSPS) is 12.3. The molecule has 0 aliphatic carbocycles. The molecule has 100 valence electrons. The molecule has 1 aromatic heterocycles. The van der Waals surface area contributed by atoms with Crippen LogP contribution >= 0.6 is 15.9 Å². The van der Waals surface area contributed by atoms with Crippen LogP contribution in [0.3, 0.4) is 0 Å². The Hall–Kier alpha value is -1.42. The highest BCUT2D eigenvalue weighted by Gasteiger charge is 2.13. The van der Waals surface area contributed by atoms with E-state index in [0.29, 0.717) is 5.69 Å². The topological polar surface area (TPSA) is 42.0 Å².